The second-order valence-corrected chi connectivity index (χ2v) is 6.59. The Morgan fingerprint density at radius 2 is 1.50 bits per heavy atom. The molecule has 0 unspecified atom stereocenters. The van der Waals surface area contributed by atoms with Crippen LogP contribution in [0.15, 0.2) is 53.4 Å². The lowest BCUT2D eigenvalue weighted by Gasteiger charge is -2.16. The highest BCUT2D eigenvalue weighted by atomic mass is 32.2. The van der Waals surface area contributed by atoms with Gasteiger partial charge in [0, 0.05) is 6.04 Å². The molecule has 1 aliphatic rings. The van der Waals surface area contributed by atoms with E-state index in [1.807, 2.05) is 12.1 Å². The zero-order chi connectivity index (χ0) is 14.2. The van der Waals surface area contributed by atoms with Crippen molar-refractivity contribution in [1.82, 2.24) is 0 Å². The molecule has 0 saturated heterocycles. The maximum atomic E-state index is 11.6. The molecule has 1 aliphatic carbocycles. The topological polar surface area (TPSA) is 72.2 Å². The molecule has 0 aliphatic heterocycles. The first-order chi connectivity index (χ1) is 9.54. The molecule has 0 saturated carbocycles. The van der Waals surface area contributed by atoms with Crippen molar-refractivity contribution < 1.29 is 8.42 Å². The summed E-state index contributed by atoms with van der Waals surface area (Å²) in [6, 6.07) is 15.2. The third-order valence-electron chi connectivity index (χ3n) is 3.60. The average Bonchev–Trinajstić information content (AvgIpc) is 2.80. The van der Waals surface area contributed by atoms with Crippen LogP contribution < -0.4 is 10.5 Å². The molecule has 0 atom stereocenters. The Balaban J connectivity index is 1.85. The number of nitrogens with two attached hydrogens (primary N) is 1. The molecule has 3 N–H and O–H groups in total. The minimum Gasteiger partial charge on any atom is -0.381 e. The summed E-state index contributed by atoms with van der Waals surface area (Å²) in [4.78, 5) is 0.149. The van der Waals surface area contributed by atoms with Crippen LogP contribution in [0, 0.1) is 0 Å². The second-order valence-electron chi connectivity index (χ2n) is 5.06. The molecule has 3 rings (SSSR count). The van der Waals surface area contributed by atoms with E-state index in [9.17, 15) is 8.42 Å². The number of nitrogens with one attached hydrogen (secondary N) is 1. The van der Waals surface area contributed by atoms with Gasteiger partial charge in [0.05, 0.1) is 5.69 Å². The third kappa shape index (κ3) is 2.55. The Morgan fingerprint density at radius 1 is 0.950 bits per heavy atom. The Labute approximate surface area is 118 Å². The van der Waals surface area contributed by atoms with Crippen molar-refractivity contribution in [3.63, 3.8) is 0 Å². The highest BCUT2D eigenvalue weighted by Gasteiger charge is 2.22. The van der Waals surface area contributed by atoms with Crippen LogP contribution >= 0.6 is 0 Å². The fraction of sp³-hybridized carbons (Fsp3) is 0.200. The zero-order valence-electron chi connectivity index (χ0n) is 10.9. The van der Waals surface area contributed by atoms with Gasteiger partial charge in [-0.3, -0.25) is 0 Å². The van der Waals surface area contributed by atoms with E-state index in [2.05, 4.69) is 17.4 Å². The van der Waals surface area contributed by atoms with Crippen molar-refractivity contribution >= 4 is 15.7 Å². The SMILES string of the molecule is NS(=O)(=O)c1ccccc1NC1Cc2ccccc2C1. The number of rotatable bonds is 3. The van der Waals surface area contributed by atoms with Crippen molar-refractivity contribution in [2.75, 3.05) is 5.32 Å². The van der Waals surface area contributed by atoms with Crippen LogP contribution in [0.3, 0.4) is 0 Å². The molecule has 0 aromatic heterocycles. The second kappa shape index (κ2) is 4.92. The summed E-state index contributed by atoms with van der Waals surface area (Å²) in [5.74, 6) is 0. The molecule has 0 fully saturated rings. The number of hydrogen-bond donors (Lipinski definition) is 2. The van der Waals surface area contributed by atoms with E-state index >= 15 is 0 Å². The summed E-state index contributed by atoms with van der Waals surface area (Å²) in [6.45, 7) is 0. The summed E-state index contributed by atoms with van der Waals surface area (Å²) >= 11 is 0. The monoisotopic (exact) mass is 288 g/mol. The van der Waals surface area contributed by atoms with E-state index in [4.69, 9.17) is 5.14 Å². The number of hydrogen-bond acceptors (Lipinski definition) is 3. The Hall–Kier alpha value is -1.85. The van der Waals surface area contributed by atoms with Crippen molar-refractivity contribution in [1.29, 1.82) is 0 Å². The molecule has 2 aromatic rings. The van der Waals surface area contributed by atoms with Gasteiger partial charge < -0.3 is 5.32 Å². The van der Waals surface area contributed by atoms with Crippen LogP contribution in [0.2, 0.25) is 0 Å². The maximum Gasteiger partial charge on any atom is 0.240 e. The Bertz CT molecular complexity index is 716. The van der Waals surface area contributed by atoms with Crippen LogP contribution in [0.4, 0.5) is 5.69 Å². The lowest BCUT2D eigenvalue weighted by Crippen LogP contribution is -2.22. The lowest BCUT2D eigenvalue weighted by molar-refractivity contribution is 0.598. The van der Waals surface area contributed by atoms with Crippen molar-refractivity contribution in [2.24, 2.45) is 5.14 Å². The number of fused-ring (bicyclic) bond motifs is 1. The van der Waals surface area contributed by atoms with Gasteiger partial charge in [-0.05, 0) is 36.1 Å². The summed E-state index contributed by atoms with van der Waals surface area (Å²) in [5.41, 5.74) is 3.21. The largest absolute Gasteiger partial charge is 0.381 e. The minimum atomic E-state index is -3.71. The van der Waals surface area contributed by atoms with E-state index in [-0.39, 0.29) is 10.9 Å². The van der Waals surface area contributed by atoms with Crippen molar-refractivity contribution in [3.05, 3.63) is 59.7 Å². The van der Waals surface area contributed by atoms with Gasteiger partial charge >= 0.3 is 0 Å². The van der Waals surface area contributed by atoms with Gasteiger partial charge in [-0.2, -0.15) is 0 Å². The average molecular weight is 288 g/mol. The molecule has 0 spiro atoms. The van der Waals surface area contributed by atoms with E-state index in [1.54, 1.807) is 18.2 Å². The molecule has 0 bridgehead atoms. The molecular formula is C15H16N2O2S. The van der Waals surface area contributed by atoms with E-state index in [1.165, 1.54) is 17.2 Å². The molecule has 5 heteroatoms. The normalized spacial score (nSPS) is 15.1. The smallest absolute Gasteiger partial charge is 0.240 e. The third-order valence-corrected chi connectivity index (χ3v) is 4.57. The summed E-state index contributed by atoms with van der Waals surface area (Å²) in [6.07, 6.45) is 1.80. The lowest BCUT2D eigenvalue weighted by atomic mass is 10.1. The van der Waals surface area contributed by atoms with Gasteiger partial charge in [0.25, 0.3) is 0 Å². The molecule has 2 aromatic carbocycles. The van der Waals surface area contributed by atoms with Crippen LogP contribution in [0.1, 0.15) is 11.1 Å². The first kappa shape index (κ1) is 13.1. The number of primary sulfonamides is 1. The van der Waals surface area contributed by atoms with Crippen LogP contribution in [0.5, 0.6) is 0 Å². The number of benzene rings is 2. The van der Waals surface area contributed by atoms with Gasteiger partial charge in [-0.15, -0.1) is 0 Å². The van der Waals surface area contributed by atoms with E-state index < -0.39 is 10.0 Å². The van der Waals surface area contributed by atoms with Gasteiger partial charge in [0.1, 0.15) is 4.90 Å². The molecule has 4 nitrogen and oxygen atoms in total. The number of anilines is 1. The Morgan fingerprint density at radius 3 is 2.10 bits per heavy atom. The molecular weight excluding hydrogens is 272 g/mol. The number of sulfonamides is 1. The first-order valence-corrected chi connectivity index (χ1v) is 8.04. The summed E-state index contributed by atoms with van der Waals surface area (Å²) < 4.78 is 23.2. The van der Waals surface area contributed by atoms with E-state index in [0.29, 0.717) is 5.69 Å². The van der Waals surface area contributed by atoms with Crippen molar-refractivity contribution in [3.8, 4) is 0 Å². The summed E-state index contributed by atoms with van der Waals surface area (Å²) in [5, 5.41) is 8.55. The van der Waals surface area contributed by atoms with Gasteiger partial charge in [0.15, 0.2) is 0 Å². The van der Waals surface area contributed by atoms with Gasteiger partial charge in [-0.1, -0.05) is 36.4 Å². The standard InChI is InChI=1S/C15H16N2O2S/c16-20(18,19)15-8-4-3-7-14(15)17-13-9-11-5-1-2-6-12(11)10-13/h1-8,13,17H,9-10H2,(H2,16,18,19). The molecule has 0 heterocycles. The predicted molar refractivity (Wildman–Crippen MR) is 79.1 cm³/mol. The van der Waals surface area contributed by atoms with Crippen molar-refractivity contribution in [2.45, 2.75) is 23.8 Å². The van der Waals surface area contributed by atoms with Gasteiger partial charge in [0.2, 0.25) is 10.0 Å². The van der Waals surface area contributed by atoms with Crippen LogP contribution in [-0.2, 0) is 22.9 Å². The predicted octanol–water partition coefficient (Wildman–Crippen LogP) is 1.91. The molecule has 0 amide bonds. The molecule has 0 radical (unpaired) electrons. The fourth-order valence-corrected chi connectivity index (χ4v) is 3.42. The number of para-hydroxylation sites is 1. The fourth-order valence-electron chi connectivity index (χ4n) is 2.71. The van der Waals surface area contributed by atoms with Gasteiger partial charge in [-0.25, -0.2) is 13.6 Å². The Kier molecular flexibility index (Phi) is 3.23. The summed E-state index contributed by atoms with van der Waals surface area (Å²) in [7, 11) is -3.71. The maximum absolute atomic E-state index is 11.6. The molecule has 104 valence electrons. The minimum absolute atomic E-state index is 0.149. The molecule has 20 heavy (non-hydrogen) atoms. The quantitative estimate of drug-likeness (QED) is 0.906. The first-order valence-electron chi connectivity index (χ1n) is 6.49. The highest BCUT2D eigenvalue weighted by Crippen LogP contribution is 2.27. The van der Waals surface area contributed by atoms with Crippen LogP contribution in [0.25, 0.3) is 0 Å². The highest BCUT2D eigenvalue weighted by molar-refractivity contribution is 7.89. The van der Waals surface area contributed by atoms with E-state index in [0.717, 1.165) is 12.8 Å². The zero-order valence-corrected chi connectivity index (χ0v) is 11.7. The van der Waals surface area contributed by atoms with Crippen LogP contribution in [-0.4, -0.2) is 14.5 Å².